The molecule has 0 radical (unpaired) electrons. The quantitative estimate of drug-likeness (QED) is 0.619. The molecule has 1 aliphatic carbocycles. The van der Waals surface area contributed by atoms with E-state index in [2.05, 4.69) is 10.6 Å². The molecule has 3 rings (SSSR count). The summed E-state index contributed by atoms with van der Waals surface area (Å²) in [5.41, 5.74) is -0.0760. The molecule has 1 aromatic carbocycles. The van der Waals surface area contributed by atoms with E-state index in [1.807, 2.05) is 0 Å². The van der Waals surface area contributed by atoms with Gasteiger partial charge in [-0.1, -0.05) is 25.0 Å². The van der Waals surface area contributed by atoms with Crippen LogP contribution in [0.5, 0.6) is 0 Å². The molecular weight excluding hydrogens is 429 g/mol. The lowest BCUT2D eigenvalue weighted by Crippen LogP contribution is -2.44. The van der Waals surface area contributed by atoms with Crippen molar-refractivity contribution in [3.8, 4) is 0 Å². The predicted molar refractivity (Wildman–Crippen MR) is 108 cm³/mol. The number of urea groups is 1. The second-order valence-electron chi connectivity index (χ2n) is 7.99. The molecule has 8 nitrogen and oxygen atoms in total. The van der Waals surface area contributed by atoms with Gasteiger partial charge in [0, 0.05) is 31.7 Å². The molecule has 32 heavy (non-hydrogen) atoms. The first kappa shape index (κ1) is 23.6. The molecular formula is C21H25F3N4O4. The number of hydrogen-bond donors (Lipinski definition) is 2. The lowest BCUT2D eigenvalue weighted by atomic mass is 9.98. The number of nitrogens with one attached hydrogen (secondary N) is 2. The Labute approximate surface area is 183 Å². The van der Waals surface area contributed by atoms with Crippen LogP contribution in [0.2, 0.25) is 0 Å². The number of alkyl halides is 3. The molecule has 2 N–H and O–H groups in total. The van der Waals surface area contributed by atoms with Crippen molar-refractivity contribution in [2.75, 3.05) is 18.4 Å². The maximum atomic E-state index is 12.7. The van der Waals surface area contributed by atoms with Gasteiger partial charge in [-0.25, -0.2) is 4.79 Å². The number of anilines is 1. The Morgan fingerprint density at radius 3 is 2.53 bits per heavy atom. The highest BCUT2D eigenvalue weighted by atomic mass is 19.4. The van der Waals surface area contributed by atoms with Crippen molar-refractivity contribution in [2.24, 2.45) is 0 Å². The van der Waals surface area contributed by atoms with Crippen LogP contribution in [0, 0.1) is 0 Å². The Hall–Kier alpha value is -3.11. The van der Waals surface area contributed by atoms with E-state index in [-0.39, 0.29) is 32.0 Å². The zero-order chi connectivity index (χ0) is 23.5. The molecule has 1 heterocycles. The Balaban J connectivity index is 1.56. The van der Waals surface area contributed by atoms with E-state index in [0.717, 1.165) is 17.7 Å². The molecule has 1 saturated carbocycles. The molecule has 1 spiro atoms. The minimum absolute atomic E-state index is 0.0678. The highest BCUT2D eigenvalue weighted by Gasteiger charge is 2.52. The van der Waals surface area contributed by atoms with Gasteiger partial charge in [-0.3, -0.25) is 19.3 Å². The number of imide groups is 1. The van der Waals surface area contributed by atoms with Crippen LogP contribution in [0.15, 0.2) is 24.3 Å². The van der Waals surface area contributed by atoms with Crippen molar-refractivity contribution in [2.45, 2.75) is 57.3 Å². The molecule has 0 aromatic heterocycles. The number of carbonyl (C=O) groups excluding carboxylic acids is 4. The van der Waals surface area contributed by atoms with Gasteiger partial charge >= 0.3 is 18.1 Å². The molecule has 2 fully saturated rings. The number of amides is 5. The molecule has 0 bridgehead atoms. The van der Waals surface area contributed by atoms with Crippen molar-refractivity contribution in [3.63, 3.8) is 0 Å². The average Bonchev–Trinajstić information content (AvgIpc) is 3.29. The van der Waals surface area contributed by atoms with Gasteiger partial charge in [-0.15, -0.1) is 0 Å². The molecule has 11 heteroatoms. The number of halogens is 3. The first-order valence-corrected chi connectivity index (χ1v) is 10.4. The average molecular weight is 454 g/mol. The van der Waals surface area contributed by atoms with Gasteiger partial charge in [0.1, 0.15) is 5.54 Å². The molecule has 0 unspecified atom stereocenters. The number of carbonyl (C=O) groups is 4. The van der Waals surface area contributed by atoms with Crippen molar-refractivity contribution >= 4 is 29.4 Å². The van der Waals surface area contributed by atoms with Gasteiger partial charge in [0.2, 0.25) is 5.91 Å². The van der Waals surface area contributed by atoms with Crippen LogP contribution in [0.25, 0.3) is 0 Å². The van der Waals surface area contributed by atoms with Crippen LogP contribution < -0.4 is 10.6 Å². The third-order valence-corrected chi connectivity index (χ3v) is 5.76. The van der Waals surface area contributed by atoms with E-state index in [4.69, 9.17) is 0 Å². The number of hydrogen-bond acceptors (Lipinski definition) is 4. The van der Waals surface area contributed by atoms with Gasteiger partial charge < -0.3 is 15.5 Å². The van der Waals surface area contributed by atoms with Gasteiger partial charge in [0.05, 0.1) is 0 Å². The summed E-state index contributed by atoms with van der Waals surface area (Å²) in [6.45, 7) is 0.994. The first-order chi connectivity index (χ1) is 15.1. The van der Waals surface area contributed by atoms with Crippen molar-refractivity contribution in [3.05, 3.63) is 29.8 Å². The molecule has 2 aliphatic rings. The van der Waals surface area contributed by atoms with Gasteiger partial charge in [-0.2, -0.15) is 13.2 Å². The standard InChI is InChI=1S/C21H25F3N4O4/c1-2-27(18(31)21(22,23)24)13-14-6-5-7-15(12-14)25-16(29)8-11-28-17(30)20(26-19(28)32)9-3-4-10-20/h5-7,12H,2-4,8-11,13H2,1H3,(H,25,29)(H,26,32). The summed E-state index contributed by atoms with van der Waals surface area (Å²) in [6.07, 6.45) is -2.16. The smallest absolute Gasteiger partial charge is 0.331 e. The summed E-state index contributed by atoms with van der Waals surface area (Å²) in [5.74, 6) is -2.68. The van der Waals surface area contributed by atoms with Crippen molar-refractivity contribution in [1.29, 1.82) is 0 Å². The minimum Gasteiger partial charge on any atom is -0.331 e. The van der Waals surface area contributed by atoms with Gasteiger partial charge in [0.25, 0.3) is 5.91 Å². The molecule has 0 atom stereocenters. The SMILES string of the molecule is CCN(Cc1cccc(NC(=O)CCN2C(=O)NC3(CCCC3)C2=O)c1)C(=O)C(F)(F)F. The first-order valence-electron chi connectivity index (χ1n) is 10.4. The Morgan fingerprint density at radius 2 is 1.91 bits per heavy atom. The maximum absolute atomic E-state index is 12.7. The molecule has 5 amide bonds. The monoisotopic (exact) mass is 454 g/mol. The molecule has 1 aromatic rings. The van der Waals surface area contributed by atoms with Crippen molar-refractivity contribution in [1.82, 2.24) is 15.1 Å². The van der Waals surface area contributed by atoms with E-state index in [0.29, 0.717) is 29.0 Å². The van der Waals surface area contributed by atoms with E-state index in [1.54, 1.807) is 18.2 Å². The summed E-state index contributed by atoms with van der Waals surface area (Å²) in [6, 6.07) is 5.64. The van der Waals surface area contributed by atoms with Crippen LogP contribution in [0.4, 0.5) is 23.7 Å². The number of benzene rings is 1. The number of rotatable bonds is 7. The largest absolute Gasteiger partial charge is 0.471 e. The van der Waals surface area contributed by atoms with Crippen LogP contribution in [0.1, 0.15) is 44.6 Å². The maximum Gasteiger partial charge on any atom is 0.471 e. The zero-order valence-electron chi connectivity index (χ0n) is 17.6. The topological polar surface area (TPSA) is 98.8 Å². The Kier molecular flexibility index (Phi) is 6.75. The summed E-state index contributed by atoms with van der Waals surface area (Å²) < 4.78 is 38.1. The minimum atomic E-state index is -4.96. The lowest BCUT2D eigenvalue weighted by molar-refractivity contribution is -0.185. The van der Waals surface area contributed by atoms with Crippen LogP contribution >= 0.6 is 0 Å². The normalized spacial score (nSPS) is 17.6. The van der Waals surface area contributed by atoms with E-state index < -0.39 is 29.6 Å². The lowest BCUT2D eigenvalue weighted by Gasteiger charge is -2.22. The Morgan fingerprint density at radius 1 is 1.22 bits per heavy atom. The summed E-state index contributed by atoms with van der Waals surface area (Å²) >= 11 is 0. The Bertz CT molecular complexity index is 913. The molecule has 174 valence electrons. The predicted octanol–water partition coefficient (Wildman–Crippen LogP) is 2.79. The van der Waals surface area contributed by atoms with E-state index >= 15 is 0 Å². The van der Waals surface area contributed by atoms with Crippen LogP contribution in [-0.2, 0) is 20.9 Å². The van der Waals surface area contributed by atoms with Crippen LogP contribution in [-0.4, -0.2) is 58.4 Å². The van der Waals surface area contributed by atoms with E-state index in [1.165, 1.54) is 13.0 Å². The third-order valence-electron chi connectivity index (χ3n) is 5.76. The fraction of sp³-hybridized carbons (Fsp3) is 0.524. The third kappa shape index (κ3) is 5.03. The summed E-state index contributed by atoms with van der Waals surface area (Å²) in [7, 11) is 0. The highest BCUT2D eigenvalue weighted by Crippen LogP contribution is 2.35. The van der Waals surface area contributed by atoms with Crippen LogP contribution in [0.3, 0.4) is 0 Å². The van der Waals surface area contributed by atoms with Gasteiger partial charge in [-0.05, 0) is 37.5 Å². The molecule has 1 aliphatic heterocycles. The molecule has 1 saturated heterocycles. The number of nitrogens with zero attached hydrogens (tertiary/aromatic N) is 2. The highest BCUT2D eigenvalue weighted by molar-refractivity contribution is 6.07. The van der Waals surface area contributed by atoms with E-state index in [9.17, 15) is 32.3 Å². The fourth-order valence-electron chi connectivity index (χ4n) is 4.11. The zero-order valence-corrected chi connectivity index (χ0v) is 17.6. The second kappa shape index (κ2) is 9.17. The van der Waals surface area contributed by atoms with Gasteiger partial charge in [0.15, 0.2) is 0 Å². The summed E-state index contributed by atoms with van der Waals surface area (Å²) in [5, 5.41) is 5.36. The van der Waals surface area contributed by atoms with Crippen molar-refractivity contribution < 1.29 is 32.3 Å². The fourth-order valence-corrected chi connectivity index (χ4v) is 4.11. The summed E-state index contributed by atoms with van der Waals surface area (Å²) in [4.78, 5) is 50.3. The second-order valence-corrected chi connectivity index (χ2v) is 7.99.